The Hall–Kier alpha value is -0.245. The normalized spacial score (nSPS) is 8.59. The lowest BCUT2D eigenvalue weighted by Gasteiger charge is -1.95. The molecule has 15 heteroatoms. The molecule has 0 aromatic carbocycles. The maximum Gasteiger partial charge on any atom is 0.348 e. The molecule has 0 aliphatic rings. The standard InChI is InChI=1S/C8H9BrO2S.C6H5BrO2S.B4.B3/c1-3-11-8(10)6-4-5(2)7(9)12-6;1-3-2-4(6(8)9)10-5(3)7;1-3-4-2;1-3-2/h4H,3H2,1-2H3;2H,1H3,(H,8,9);;. The number of thiophene rings is 2. The van der Waals surface area contributed by atoms with Crippen LogP contribution in [-0.2, 0) is 4.74 Å². The van der Waals surface area contributed by atoms with E-state index in [9.17, 15) is 9.59 Å². The van der Waals surface area contributed by atoms with E-state index in [4.69, 9.17) is 25.3 Å². The molecule has 0 spiro atoms. The monoisotopic (exact) mass is 545 g/mol. The van der Waals surface area contributed by atoms with Gasteiger partial charge >= 0.3 is 11.9 Å². The van der Waals surface area contributed by atoms with E-state index < -0.39 is 5.97 Å². The van der Waals surface area contributed by atoms with E-state index in [0.717, 1.165) is 25.8 Å². The Morgan fingerprint density at radius 3 is 1.59 bits per heavy atom. The number of halogens is 2. The first-order valence-electron chi connectivity index (χ1n) is 7.85. The van der Waals surface area contributed by atoms with Crippen LogP contribution in [0.1, 0.15) is 37.4 Å². The van der Waals surface area contributed by atoms with Crippen LogP contribution in [0.4, 0.5) is 0 Å². The number of aryl methyl sites for hydroxylation is 2. The third-order valence-electron chi connectivity index (χ3n) is 2.51. The molecular weight excluding hydrogens is 532 g/mol. The highest BCUT2D eigenvalue weighted by atomic mass is 79.9. The topological polar surface area (TPSA) is 63.6 Å². The molecule has 0 saturated carbocycles. The van der Waals surface area contributed by atoms with Crippen molar-refractivity contribution in [3.05, 3.63) is 40.6 Å². The van der Waals surface area contributed by atoms with Crippen molar-refractivity contribution >= 4 is 119 Å². The molecule has 2 rings (SSSR count). The number of carboxylic acid groups (broad SMARTS) is 1. The summed E-state index contributed by atoms with van der Waals surface area (Å²) in [4.78, 5) is 22.6. The highest BCUT2D eigenvalue weighted by Crippen LogP contribution is 2.28. The van der Waals surface area contributed by atoms with Gasteiger partial charge in [-0.25, -0.2) is 9.59 Å². The Labute approximate surface area is 204 Å². The van der Waals surface area contributed by atoms with Crippen molar-refractivity contribution in [3.63, 3.8) is 0 Å². The second-order valence-electron chi connectivity index (χ2n) is 4.74. The number of ether oxygens (including phenoxy) is 1. The van der Waals surface area contributed by atoms with Gasteiger partial charge in [0.2, 0.25) is 0 Å². The van der Waals surface area contributed by atoms with Gasteiger partial charge in [0.1, 0.15) is 9.75 Å². The fourth-order valence-electron chi connectivity index (χ4n) is 1.33. The molecular formula is C14H14B7Br2O4S2. The largest absolute Gasteiger partial charge is 0.477 e. The highest BCUT2D eigenvalue weighted by Gasteiger charge is 2.11. The highest BCUT2D eigenvalue weighted by molar-refractivity contribution is 9.11. The van der Waals surface area contributed by atoms with Gasteiger partial charge in [0.05, 0.1) is 14.2 Å². The summed E-state index contributed by atoms with van der Waals surface area (Å²) < 4.78 is 6.73. The molecule has 0 atom stereocenters. The SMILES string of the molecule is CCOC(=O)c1cc(C)c(Br)s1.Cc1cc(C(=O)O)sc1Br.[B][B][B].[B][B][B][B]. The van der Waals surface area contributed by atoms with Crippen LogP contribution >= 0.6 is 54.5 Å². The number of carbonyl (C=O) groups excluding carboxylic acids is 1. The molecule has 1 N–H and O–H groups in total. The Morgan fingerprint density at radius 2 is 1.38 bits per heavy atom. The summed E-state index contributed by atoms with van der Waals surface area (Å²) >= 11 is 9.23. The minimum Gasteiger partial charge on any atom is -0.477 e. The molecule has 2 heterocycles. The average Bonchev–Trinajstić information content (AvgIpc) is 3.19. The zero-order valence-corrected chi connectivity index (χ0v) is 21.0. The van der Waals surface area contributed by atoms with Gasteiger partial charge in [0, 0.05) is 52.1 Å². The molecule has 0 aliphatic carbocycles. The Kier molecular flexibility index (Phi) is 19.8. The van der Waals surface area contributed by atoms with Crippen LogP contribution in [0, 0.1) is 13.8 Å². The van der Waals surface area contributed by atoms with Gasteiger partial charge < -0.3 is 9.84 Å². The van der Waals surface area contributed by atoms with Crippen molar-refractivity contribution < 1.29 is 19.4 Å². The van der Waals surface area contributed by atoms with Gasteiger partial charge in [0.25, 0.3) is 0 Å². The van der Waals surface area contributed by atoms with E-state index in [1.165, 1.54) is 36.8 Å². The molecule has 4 nitrogen and oxygen atoms in total. The molecule has 2 aromatic rings. The summed E-state index contributed by atoms with van der Waals surface area (Å²) in [6.45, 7) is 6.04. The van der Waals surface area contributed by atoms with Gasteiger partial charge in [-0.05, 0) is 75.9 Å². The number of carbonyl (C=O) groups is 2. The van der Waals surface area contributed by atoms with Gasteiger partial charge in [-0.1, -0.05) is 0 Å². The number of esters is 1. The molecule has 0 unspecified atom stereocenters. The maximum atomic E-state index is 11.2. The lowest BCUT2D eigenvalue weighted by Crippen LogP contribution is -2.01. The predicted molar refractivity (Wildman–Crippen MR) is 137 cm³/mol. The first-order chi connectivity index (χ1) is 13.6. The molecule has 0 saturated heterocycles. The molecule has 141 valence electrons. The molecule has 0 amide bonds. The van der Waals surface area contributed by atoms with E-state index in [0.29, 0.717) is 16.4 Å². The molecule has 0 fully saturated rings. The Morgan fingerprint density at radius 1 is 1.00 bits per heavy atom. The first-order valence-corrected chi connectivity index (χ1v) is 11.1. The van der Waals surface area contributed by atoms with Crippen molar-refractivity contribution in [2.24, 2.45) is 0 Å². The maximum absolute atomic E-state index is 11.2. The summed E-state index contributed by atoms with van der Waals surface area (Å²) in [7, 11) is 22.0. The van der Waals surface area contributed by atoms with Crippen LogP contribution in [0.15, 0.2) is 19.7 Å². The van der Waals surface area contributed by atoms with E-state index in [2.05, 4.69) is 47.3 Å². The van der Waals surface area contributed by atoms with Crippen LogP contribution in [0.5, 0.6) is 0 Å². The van der Waals surface area contributed by atoms with Crippen molar-refractivity contribution in [1.29, 1.82) is 0 Å². The third kappa shape index (κ3) is 14.4. The van der Waals surface area contributed by atoms with E-state index >= 15 is 0 Å². The summed E-state index contributed by atoms with van der Waals surface area (Å²) in [5.74, 6) is -1.10. The smallest absolute Gasteiger partial charge is 0.348 e. The third-order valence-corrected chi connectivity index (χ3v) is 6.75. The van der Waals surface area contributed by atoms with Crippen LogP contribution in [-0.4, -0.2) is 75.8 Å². The lowest BCUT2D eigenvalue weighted by atomic mass is 9.19. The second-order valence-corrected chi connectivity index (χ2v) is 9.48. The van der Waals surface area contributed by atoms with Crippen molar-refractivity contribution in [3.8, 4) is 0 Å². The minimum absolute atomic E-state index is 0.240. The molecule has 29 heavy (non-hydrogen) atoms. The van der Waals surface area contributed by atoms with Crippen LogP contribution in [0.2, 0.25) is 0 Å². The Balaban J connectivity index is 0. The number of carboxylic acids is 1. The average molecular weight is 546 g/mol. The lowest BCUT2D eigenvalue weighted by molar-refractivity contribution is 0.0531. The van der Waals surface area contributed by atoms with Crippen molar-refractivity contribution in [2.45, 2.75) is 20.8 Å². The quantitative estimate of drug-likeness (QED) is 0.474. The minimum atomic E-state index is -0.862. The van der Waals surface area contributed by atoms with Crippen LogP contribution < -0.4 is 0 Å². The van der Waals surface area contributed by atoms with Gasteiger partial charge in [-0.3, -0.25) is 0 Å². The van der Waals surface area contributed by atoms with Gasteiger partial charge in [-0.15, -0.1) is 22.7 Å². The fourth-order valence-corrected chi connectivity index (χ4v) is 4.13. The second kappa shape index (κ2) is 18.5. The number of hydrogen-bond donors (Lipinski definition) is 1. The van der Waals surface area contributed by atoms with Crippen molar-refractivity contribution in [1.82, 2.24) is 0 Å². The summed E-state index contributed by atoms with van der Waals surface area (Å²) in [5.41, 5.74) is 2.05. The predicted octanol–water partition coefficient (Wildman–Crippen LogP) is 2.85. The summed E-state index contributed by atoms with van der Waals surface area (Å²) in [6, 6.07) is 3.48. The summed E-state index contributed by atoms with van der Waals surface area (Å²) in [6.07, 6.45) is 0. The Bertz CT molecular complexity index is 703. The van der Waals surface area contributed by atoms with E-state index in [1.807, 2.05) is 19.9 Å². The molecule has 0 aliphatic heterocycles. The first kappa shape index (κ1) is 30.9. The number of hydrogen-bond acceptors (Lipinski definition) is 5. The molecule has 0 bridgehead atoms. The molecule has 2 aromatic heterocycles. The van der Waals surface area contributed by atoms with Crippen molar-refractivity contribution in [2.75, 3.05) is 6.61 Å². The van der Waals surface area contributed by atoms with Gasteiger partial charge in [0.15, 0.2) is 0 Å². The van der Waals surface area contributed by atoms with E-state index in [-0.39, 0.29) is 5.97 Å². The molecule has 11 radical (unpaired) electrons. The van der Waals surface area contributed by atoms with Gasteiger partial charge in [-0.2, -0.15) is 0 Å². The zero-order valence-electron chi connectivity index (χ0n) is 16.1. The number of aromatic carboxylic acids is 1. The van der Waals surface area contributed by atoms with Crippen LogP contribution in [0.25, 0.3) is 0 Å². The summed E-state index contributed by atoms with van der Waals surface area (Å²) in [5, 5.41) is 8.51. The zero-order chi connectivity index (χ0) is 23.0. The van der Waals surface area contributed by atoms with Crippen LogP contribution in [0.3, 0.4) is 0 Å². The number of rotatable bonds is 4. The fraction of sp³-hybridized carbons (Fsp3) is 0.286. The van der Waals surface area contributed by atoms with E-state index in [1.54, 1.807) is 13.0 Å².